The van der Waals surface area contributed by atoms with Gasteiger partial charge in [0.05, 0.1) is 13.0 Å². The van der Waals surface area contributed by atoms with Crippen molar-refractivity contribution in [3.8, 4) is 0 Å². The molecular formula is C12H15FO2. The minimum absolute atomic E-state index is 0.258. The van der Waals surface area contributed by atoms with Crippen molar-refractivity contribution in [3.63, 3.8) is 0 Å². The fraction of sp³-hybridized carbons (Fsp3) is 0.417. The molecule has 1 aromatic carbocycles. The van der Waals surface area contributed by atoms with Gasteiger partial charge in [-0.3, -0.25) is 4.79 Å². The summed E-state index contributed by atoms with van der Waals surface area (Å²) in [7, 11) is 1.35. The first-order valence-electron chi connectivity index (χ1n) is 5.00. The molecule has 1 aromatic rings. The topological polar surface area (TPSA) is 26.3 Å². The van der Waals surface area contributed by atoms with Crippen LogP contribution in [0.5, 0.6) is 0 Å². The standard InChI is InChI=1S/C12H15FO2/c1-3-9(12(14)15-2)8-10-6-4-5-7-11(10)13/h4-7,9H,3,8H2,1-2H3. The Morgan fingerprint density at radius 1 is 1.47 bits per heavy atom. The van der Waals surface area contributed by atoms with Gasteiger partial charge in [0, 0.05) is 0 Å². The van der Waals surface area contributed by atoms with Gasteiger partial charge in [-0.05, 0) is 24.5 Å². The van der Waals surface area contributed by atoms with E-state index in [2.05, 4.69) is 4.74 Å². The van der Waals surface area contributed by atoms with Gasteiger partial charge in [-0.25, -0.2) is 4.39 Å². The summed E-state index contributed by atoms with van der Waals surface area (Å²) in [5, 5.41) is 0. The van der Waals surface area contributed by atoms with E-state index in [0.29, 0.717) is 18.4 Å². The lowest BCUT2D eigenvalue weighted by atomic mass is 9.97. The third-order valence-corrected chi connectivity index (χ3v) is 2.45. The third-order valence-electron chi connectivity index (χ3n) is 2.45. The number of carbonyl (C=O) groups excluding carboxylic acids is 1. The van der Waals surface area contributed by atoms with Crippen molar-refractivity contribution < 1.29 is 13.9 Å². The molecule has 15 heavy (non-hydrogen) atoms. The lowest BCUT2D eigenvalue weighted by molar-refractivity contribution is -0.145. The molecule has 1 unspecified atom stereocenters. The van der Waals surface area contributed by atoms with Crippen molar-refractivity contribution in [1.82, 2.24) is 0 Å². The number of carbonyl (C=O) groups is 1. The fourth-order valence-corrected chi connectivity index (χ4v) is 1.49. The van der Waals surface area contributed by atoms with Gasteiger partial charge in [0.2, 0.25) is 0 Å². The Kier molecular flexibility index (Phi) is 4.28. The van der Waals surface area contributed by atoms with E-state index in [1.54, 1.807) is 18.2 Å². The summed E-state index contributed by atoms with van der Waals surface area (Å²) in [6.07, 6.45) is 1.05. The van der Waals surface area contributed by atoms with E-state index in [1.807, 2.05) is 6.92 Å². The molecule has 82 valence electrons. The van der Waals surface area contributed by atoms with Crippen molar-refractivity contribution in [2.75, 3.05) is 7.11 Å². The average molecular weight is 210 g/mol. The van der Waals surface area contributed by atoms with E-state index in [0.717, 1.165) is 0 Å². The first kappa shape index (κ1) is 11.7. The molecule has 1 atom stereocenters. The Morgan fingerprint density at radius 2 is 2.13 bits per heavy atom. The molecule has 0 aliphatic heterocycles. The Morgan fingerprint density at radius 3 is 2.67 bits per heavy atom. The van der Waals surface area contributed by atoms with Crippen LogP contribution in [0.25, 0.3) is 0 Å². The van der Waals surface area contributed by atoms with Crippen molar-refractivity contribution in [1.29, 1.82) is 0 Å². The molecule has 0 N–H and O–H groups in total. The predicted molar refractivity (Wildman–Crippen MR) is 55.9 cm³/mol. The van der Waals surface area contributed by atoms with Gasteiger partial charge in [0.1, 0.15) is 5.82 Å². The molecule has 0 bridgehead atoms. The summed E-state index contributed by atoms with van der Waals surface area (Å²) in [6.45, 7) is 1.89. The van der Waals surface area contributed by atoms with Gasteiger partial charge in [-0.1, -0.05) is 25.1 Å². The molecule has 1 rings (SSSR count). The number of hydrogen-bond acceptors (Lipinski definition) is 2. The van der Waals surface area contributed by atoms with Crippen LogP contribution in [0.4, 0.5) is 4.39 Å². The van der Waals surface area contributed by atoms with E-state index >= 15 is 0 Å². The highest BCUT2D eigenvalue weighted by molar-refractivity contribution is 5.72. The number of hydrogen-bond donors (Lipinski definition) is 0. The van der Waals surface area contributed by atoms with Crippen molar-refractivity contribution in [2.24, 2.45) is 5.92 Å². The smallest absolute Gasteiger partial charge is 0.308 e. The van der Waals surface area contributed by atoms with Crippen LogP contribution in [-0.2, 0) is 16.0 Å². The monoisotopic (exact) mass is 210 g/mol. The summed E-state index contributed by atoms with van der Waals surface area (Å²) < 4.78 is 18.0. The van der Waals surface area contributed by atoms with E-state index in [9.17, 15) is 9.18 Å². The molecule has 0 fully saturated rings. The summed E-state index contributed by atoms with van der Waals surface area (Å²) in [5.41, 5.74) is 0.565. The highest BCUT2D eigenvalue weighted by atomic mass is 19.1. The number of halogens is 1. The molecule has 0 radical (unpaired) electrons. The van der Waals surface area contributed by atoms with E-state index < -0.39 is 0 Å². The summed E-state index contributed by atoms with van der Waals surface area (Å²) in [4.78, 5) is 11.3. The first-order valence-corrected chi connectivity index (χ1v) is 5.00. The number of ether oxygens (including phenoxy) is 1. The highest BCUT2D eigenvalue weighted by Crippen LogP contribution is 2.16. The molecule has 0 heterocycles. The zero-order chi connectivity index (χ0) is 11.3. The van der Waals surface area contributed by atoms with Gasteiger partial charge >= 0.3 is 5.97 Å². The maximum atomic E-state index is 13.3. The fourth-order valence-electron chi connectivity index (χ4n) is 1.49. The van der Waals surface area contributed by atoms with Crippen molar-refractivity contribution >= 4 is 5.97 Å². The zero-order valence-corrected chi connectivity index (χ0v) is 9.00. The van der Waals surface area contributed by atoms with Crippen LogP contribution in [0.3, 0.4) is 0 Å². The van der Waals surface area contributed by atoms with Crippen LogP contribution in [-0.4, -0.2) is 13.1 Å². The van der Waals surface area contributed by atoms with Crippen LogP contribution in [0.2, 0.25) is 0 Å². The average Bonchev–Trinajstić information content (AvgIpc) is 2.27. The first-order chi connectivity index (χ1) is 7.19. The second-order valence-corrected chi connectivity index (χ2v) is 3.42. The van der Waals surface area contributed by atoms with Crippen LogP contribution in [0.1, 0.15) is 18.9 Å². The summed E-state index contributed by atoms with van der Waals surface area (Å²) in [5.74, 6) is -0.799. The summed E-state index contributed by atoms with van der Waals surface area (Å²) >= 11 is 0. The van der Waals surface area contributed by atoms with Gasteiger partial charge < -0.3 is 4.74 Å². The Balaban J connectivity index is 2.75. The predicted octanol–water partition coefficient (Wildman–Crippen LogP) is 2.57. The maximum absolute atomic E-state index is 13.3. The van der Waals surface area contributed by atoms with E-state index in [1.165, 1.54) is 13.2 Å². The third kappa shape index (κ3) is 3.05. The number of methoxy groups -OCH3 is 1. The Hall–Kier alpha value is -1.38. The van der Waals surface area contributed by atoms with Crippen LogP contribution >= 0.6 is 0 Å². The molecule has 0 aromatic heterocycles. The van der Waals surface area contributed by atoms with Gasteiger partial charge in [0.25, 0.3) is 0 Å². The number of rotatable bonds is 4. The molecular weight excluding hydrogens is 195 g/mol. The van der Waals surface area contributed by atoms with Crippen LogP contribution in [0, 0.1) is 11.7 Å². The largest absolute Gasteiger partial charge is 0.469 e. The lowest BCUT2D eigenvalue weighted by Gasteiger charge is -2.12. The zero-order valence-electron chi connectivity index (χ0n) is 9.00. The minimum atomic E-state index is -0.277. The number of benzene rings is 1. The van der Waals surface area contributed by atoms with Crippen molar-refractivity contribution in [3.05, 3.63) is 35.6 Å². The quantitative estimate of drug-likeness (QED) is 0.714. The number of esters is 1. The molecule has 0 aliphatic rings. The second kappa shape index (κ2) is 5.49. The van der Waals surface area contributed by atoms with E-state index in [4.69, 9.17) is 0 Å². The molecule has 3 heteroatoms. The Bertz CT molecular complexity index is 336. The summed E-state index contributed by atoms with van der Waals surface area (Å²) in [6, 6.07) is 6.50. The lowest BCUT2D eigenvalue weighted by Crippen LogP contribution is -2.18. The normalized spacial score (nSPS) is 12.2. The second-order valence-electron chi connectivity index (χ2n) is 3.42. The van der Waals surface area contributed by atoms with E-state index in [-0.39, 0.29) is 17.7 Å². The molecule has 2 nitrogen and oxygen atoms in total. The van der Waals surface area contributed by atoms with Gasteiger partial charge in [-0.15, -0.1) is 0 Å². The highest BCUT2D eigenvalue weighted by Gasteiger charge is 2.18. The SMILES string of the molecule is CCC(Cc1ccccc1F)C(=O)OC. The van der Waals surface area contributed by atoms with Crippen LogP contribution < -0.4 is 0 Å². The molecule has 0 saturated carbocycles. The Labute approximate surface area is 89.1 Å². The molecule has 0 spiro atoms. The van der Waals surface area contributed by atoms with Gasteiger partial charge in [-0.2, -0.15) is 0 Å². The maximum Gasteiger partial charge on any atom is 0.308 e. The van der Waals surface area contributed by atoms with Crippen molar-refractivity contribution in [2.45, 2.75) is 19.8 Å². The molecule has 0 aliphatic carbocycles. The molecule has 0 saturated heterocycles. The van der Waals surface area contributed by atoms with Crippen LogP contribution in [0.15, 0.2) is 24.3 Å². The minimum Gasteiger partial charge on any atom is -0.469 e. The molecule has 0 amide bonds. The van der Waals surface area contributed by atoms with Gasteiger partial charge in [0.15, 0.2) is 0 Å².